The lowest BCUT2D eigenvalue weighted by Gasteiger charge is -2.14. The van der Waals surface area contributed by atoms with Gasteiger partial charge >= 0.3 is 0 Å². The van der Waals surface area contributed by atoms with Crippen LogP contribution in [-0.4, -0.2) is 23.8 Å². The van der Waals surface area contributed by atoms with Gasteiger partial charge in [-0.1, -0.05) is 11.6 Å². The normalized spacial score (nSPS) is 9.31. The molecule has 0 N–H and O–H groups in total. The Hall–Kier alpha value is -1.34. The molecule has 0 unspecified atom stereocenters. The standard InChI is InChI=1S/C8H9ClN4/c1-13(6-2-5-10)8-4-3-7(9)11-12-8/h3-4H,2,6H2,1H3. The van der Waals surface area contributed by atoms with Crippen LogP contribution in [0.15, 0.2) is 12.1 Å². The number of anilines is 1. The third kappa shape index (κ3) is 2.88. The molecule has 4 nitrogen and oxygen atoms in total. The molecule has 0 saturated carbocycles. The minimum Gasteiger partial charge on any atom is -0.357 e. The summed E-state index contributed by atoms with van der Waals surface area (Å²) >= 11 is 5.58. The Morgan fingerprint density at radius 2 is 2.31 bits per heavy atom. The third-order valence-corrected chi connectivity index (χ3v) is 1.77. The fourth-order valence-corrected chi connectivity index (χ4v) is 0.946. The van der Waals surface area contributed by atoms with Crippen LogP contribution in [0.1, 0.15) is 6.42 Å². The first kappa shape index (κ1) is 9.75. The van der Waals surface area contributed by atoms with Gasteiger partial charge in [-0.05, 0) is 12.1 Å². The molecule has 0 aliphatic carbocycles. The predicted molar refractivity (Wildman–Crippen MR) is 50.5 cm³/mol. The van der Waals surface area contributed by atoms with E-state index in [-0.39, 0.29) is 0 Å². The van der Waals surface area contributed by atoms with Crippen molar-refractivity contribution in [2.75, 3.05) is 18.5 Å². The maximum atomic E-state index is 8.37. The maximum absolute atomic E-state index is 8.37. The molecule has 1 aromatic rings. The first-order chi connectivity index (χ1) is 6.24. The number of hydrogen-bond acceptors (Lipinski definition) is 4. The van der Waals surface area contributed by atoms with Gasteiger partial charge in [0, 0.05) is 13.6 Å². The zero-order valence-corrected chi connectivity index (χ0v) is 7.99. The molecule has 0 amide bonds. The molecular formula is C8H9ClN4. The SMILES string of the molecule is CN(CCC#N)c1ccc(Cl)nn1. The van der Waals surface area contributed by atoms with Crippen LogP contribution < -0.4 is 4.90 Å². The summed E-state index contributed by atoms with van der Waals surface area (Å²) in [5.41, 5.74) is 0. The van der Waals surface area contributed by atoms with Crippen molar-refractivity contribution in [3.05, 3.63) is 17.3 Å². The third-order valence-electron chi connectivity index (χ3n) is 1.57. The van der Waals surface area contributed by atoms with Crippen LogP contribution in [0.3, 0.4) is 0 Å². The minimum absolute atomic E-state index is 0.373. The van der Waals surface area contributed by atoms with Gasteiger partial charge in [-0.2, -0.15) is 5.26 Å². The second kappa shape index (κ2) is 4.63. The number of nitriles is 1. The fourth-order valence-electron chi connectivity index (χ4n) is 0.845. The average Bonchev–Trinajstić information content (AvgIpc) is 2.15. The molecule has 5 heteroatoms. The highest BCUT2D eigenvalue weighted by molar-refractivity contribution is 6.29. The van der Waals surface area contributed by atoms with E-state index in [0.29, 0.717) is 18.1 Å². The summed E-state index contributed by atoms with van der Waals surface area (Å²) < 4.78 is 0. The molecule has 0 aromatic carbocycles. The molecule has 1 aromatic heterocycles. The summed E-state index contributed by atoms with van der Waals surface area (Å²) in [6.07, 6.45) is 0.473. The summed E-state index contributed by atoms with van der Waals surface area (Å²) in [4.78, 5) is 1.85. The van der Waals surface area contributed by atoms with E-state index >= 15 is 0 Å². The second-order valence-corrected chi connectivity index (χ2v) is 2.93. The van der Waals surface area contributed by atoms with Crippen molar-refractivity contribution >= 4 is 17.4 Å². The zero-order valence-electron chi connectivity index (χ0n) is 7.24. The van der Waals surface area contributed by atoms with Crippen molar-refractivity contribution in [2.45, 2.75) is 6.42 Å². The van der Waals surface area contributed by atoms with Gasteiger partial charge in [0.15, 0.2) is 11.0 Å². The predicted octanol–water partition coefficient (Wildman–Crippen LogP) is 1.48. The van der Waals surface area contributed by atoms with Crippen molar-refractivity contribution in [1.82, 2.24) is 10.2 Å². The van der Waals surface area contributed by atoms with E-state index in [2.05, 4.69) is 16.3 Å². The van der Waals surface area contributed by atoms with Crippen molar-refractivity contribution in [2.24, 2.45) is 0 Å². The van der Waals surface area contributed by atoms with Gasteiger partial charge in [0.2, 0.25) is 0 Å². The molecule has 68 valence electrons. The average molecular weight is 197 g/mol. The number of aromatic nitrogens is 2. The van der Waals surface area contributed by atoms with Crippen molar-refractivity contribution < 1.29 is 0 Å². The van der Waals surface area contributed by atoms with E-state index in [0.717, 1.165) is 5.82 Å². The van der Waals surface area contributed by atoms with Crippen LogP contribution >= 0.6 is 11.6 Å². The highest BCUT2D eigenvalue weighted by atomic mass is 35.5. The first-order valence-corrected chi connectivity index (χ1v) is 4.19. The van der Waals surface area contributed by atoms with E-state index < -0.39 is 0 Å². The monoisotopic (exact) mass is 196 g/mol. The number of rotatable bonds is 3. The Kier molecular flexibility index (Phi) is 3.47. The quantitative estimate of drug-likeness (QED) is 0.735. The van der Waals surface area contributed by atoms with E-state index in [9.17, 15) is 0 Å². The molecule has 0 atom stereocenters. The Bertz CT molecular complexity index is 303. The van der Waals surface area contributed by atoms with E-state index in [1.165, 1.54) is 0 Å². The van der Waals surface area contributed by atoms with E-state index in [4.69, 9.17) is 16.9 Å². The van der Waals surface area contributed by atoms with E-state index in [1.807, 2.05) is 11.9 Å². The van der Waals surface area contributed by atoms with Crippen molar-refractivity contribution in [3.63, 3.8) is 0 Å². The molecule has 13 heavy (non-hydrogen) atoms. The lowest BCUT2D eigenvalue weighted by atomic mass is 10.4. The molecule has 0 bridgehead atoms. The molecule has 0 aliphatic heterocycles. The molecule has 0 aliphatic rings. The van der Waals surface area contributed by atoms with Gasteiger partial charge in [0.25, 0.3) is 0 Å². The van der Waals surface area contributed by atoms with Gasteiger partial charge < -0.3 is 4.90 Å². The number of halogens is 1. The van der Waals surface area contributed by atoms with Gasteiger partial charge in [-0.25, -0.2) is 0 Å². The van der Waals surface area contributed by atoms with Crippen molar-refractivity contribution in [3.8, 4) is 6.07 Å². The molecule has 1 rings (SSSR count). The number of nitrogens with zero attached hydrogens (tertiary/aromatic N) is 4. The Labute approximate surface area is 81.8 Å². The van der Waals surface area contributed by atoms with Crippen molar-refractivity contribution in [1.29, 1.82) is 5.26 Å². The van der Waals surface area contributed by atoms with Crippen LogP contribution in [0, 0.1) is 11.3 Å². The molecule has 1 heterocycles. The molecule has 0 saturated heterocycles. The van der Waals surface area contributed by atoms with Gasteiger partial charge in [0.05, 0.1) is 12.5 Å². The Balaban J connectivity index is 2.62. The molecule has 0 fully saturated rings. The minimum atomic E-state index is 0.373. The second-order valence-electron chi connectivity index (χ2n) is 2.54. The van der Waals surface area contributed by atoms with Gasteiger partial charge in [-0.3, -0.25) is 0 Å². The Morgan fingerprint density at radius 1 is 1.54 bits per heavy atom. The number of hydrogen-bond donors (Lipinski definition) is 0. The summed E-state index contributed by atoms with van der Waals surface area (Å²) in [7, 11) is 1.86. The highest BCUT2D eigenvalue weighted by Crippen LogP contribution is 2.09. The Morgan fingerprint density at radius 3 is 2.85 bits per heavy atom. The zero-order chi connectivity index (χ0) is 9.68. The lowest BCUT2D eigenvalue weighted by molar-refractivity contribution is 0.859. The highest BCUT2D eigenvalue weighted by Gasteiger charge is 2.01. The largest absolute Gasteiger partial charge is 0.357 e. The molecule has 0 radical (unpaired) electrons. The summed E-state index contributed by atoms with van der Waals surface area (Å²) in [6.45, 7) is 0.646. The molecular weight excluding hydrogens is 188 g/mol. The van der Waals surface area contributed by atoms with Gasteiger partial charge in [-0.15, -0.1) is 10.2 Å². The van der Waals surface area contributed by atoms with Crippen LogP contribution in [0.25, 0.3) is 0 Å². The van der Waals surface area contributed by atoms with Crippen LogP contribution in [-0.2, 0) is 0 Å². The fraction of sp³-hybridized carbons (Fsp3) is 0.375. The smallest absolute Gasteiger partial charge is 0.151 e. The summed E-state index contributed by atoms with van der Waals surface area (Å²) in [5, 5.41) is 16.3. The maximum Gasteiger partial charge on any atom is 0.151 e. The summed E-state index contributed by atoms with van der Waals surface area (Å²) in [6, 6.07) is 5.51. The first-order valence-electron chi connectivity index (χ1n) is 3.81. The van der Waals surface area contributed by atoms with Crippen LogP contribution in [0.2, 0.25) is 5.15 Å². The van der Waals surface area contributed by atoms with Gasteiger partial charge in [0.1, 0.15) is 0 Å². The molecule has 0 spiro atoms. The lowest BCUT2D eigenvalue weighted by Crippen LogP contribution is -2.19. The van der Waals surface area contributed by atoms with Crippen LogP contribution in [0.4, 0.5) is 5.82 Å². The van der Waals surface area contributed by atoms with Crippen LogP contribution in [0.5, 0.6) is 0 Å². The topological polar surface area (TPSA) is 52.8 Å². The summed E-state index contributed by atoms with van der Waals surface area (Å²) in [5.74, 6) is 0.722. The van der Waals surface area contributed by atoms with E-state index in [1.54, 1.807) is 12.1 Å².